The van der Waals surface area contributed by atoms with Crippen LogP contribution in [0.2, 0.25) is 10.0 Å². The molecule has 0 saturated heterocycles. The molecule has 1 atom stereocenters. The zero-order valence-electron chi connectivity index (χ0n) is 9.39. The van der Waals surface area contributed by atoms with Crippen molar-refractivity contribution in [3.05, 3.63) is 33.8 Å². The molecule has 0 N–H and O–H groups in total. The Hall–Kier alpha value is -0.200. The van der Waals surface area contributed by atoms with Gasteiger partial charge in [0.1, 0.15) is 0 Å². The van der Waals surface area contributed by atoms with Gasteiger partial charge in [-0.3, -0.25) is 0 Å². The Kier molecular flexibility index (Phi) is 5.49. The Labute approximate surface area is 103 Å². The number of benzene rings is 1. The topological polar surface area (TPSA) is 0 Å². The molecule has 1 unspecified atom stereocenters. The predicted octanol–water partition coefficient (Wildman–Crippen LogP) is 5.68. The van der Waals surface area contributed by atoms with Crippen LogP contribution in [0.5, 0.6) is 0 Å². The van der Waals surface area contributed by atoms with Gasteiger partial charge in [0.05, 0.1) is 10.0 Å². The number of hydrogen-bond acceptors (Lipinski definition) is 0. The zero-order chi connectivity index (χ0) is 11.3. The van der Waals surface area contributed by atoms with Gasteiger partial charge >= 0.3 is 0 Å². The lowest BCUT2D eigenvalue weighted by atomic mass is 9.91. The van der Waals surface area contributed by atoms with Crippen LogP contribution < -0.4 is 0 Å². The molecule has 0 heterocycles. The van der Waals surface area contributed by atoms with Crippen LogP contribution in [0.4, 0.5) is 0 Å². The number of halogens is 2. The van der Waals surface area contributed by atoms with Crippen molar-refractivity contribution in [2.75, 3.05) is 0 Å². The van der Waals surface area contributed by atoms with Crippen LogP contribution >= 0.6 is 23.2 Å². The summed E-state index contributed by atoms with van der Waals surface area (Å²) in [6.07, 6.45) is 4.93. The van der Waals surface area contributed by atoms with Crippen molar-refractivity contribution >= 4 is 23.2 Å². The number of hydrogen-bond donors (Lipinski definition) is 0. The Morgan fingerprint density at radius 1 is 1.13 bits per heavy atom. The second kappa shape index (κ2) is 6.40. The summed E-state index contributed by atoms with van der Waals surface area (Å²) >= 11 is 11.9. The van der Waals surface area contributed by atoms with E-state index in [1.165, 1.54) is 24.8 Å². The summed E-state index contributed by atoms with van der Waals surface area (Å²) < 4.78 is 0. The molecule has 1 aromatic rings. The van der Waals surface area contributed by atoms with Gasteiger partial charge in [0.2, 0.25) is 0 Å². The molecule has 1 rings (SSSR count). The average molecular weight is 245 g/mol. The maximum Gasteiger partial charge on any atom is 0.0595 e. The average Bonchev–Trinajstić information content (AvgIpc) is 2.24. The smallest absolute Gasteiger partial charge is 0.0595 e. The van der Waals surface area contributed by atoms with Crippen molar-refractivity contribution in [1.82, 2.24) is 0 Å². The van der Waals surface area contributed by atoms with E-state index in [0.717, 1.165) is 6.42 Å². The maximum atomic E-state index is 6.02. The van der Waals surface area contributed by atoms with Crippen LogP contribution in [0.15, 0.2) is 18.2 Å². The first-order valence-electron chi connectivity index (χ1n) is 5.64. The standard InChI is InChI=1S/C13H18Cl2/c1-3-5-6-10(4-2)11-7-8-12(14)13(15)9-11/h7-10H,3-6H2,1-2H3. The van der Waals surface area contributed by atoms with Crippen LogP contribution in [0, 0.1) is 0 Å². The van der Waals surface area contributed by atoms with E-state index in [0.29, 0.717) is 16.0 Å². The molecule has 0 saturated carbocycles. The maximum absolute atomic E-state index is 6.02. The van der Waals surface area contributed by atoms with Gasteiger partial charge in [-0.15, -0.1) is 0 Å². The minimum Gasteiger partial charge on any atom is -0.0827 e. The number of rotatable bonds is 5. The highest BCUT2D eigenvalue weighted by atomic mass is 35.5. The zero-order valence-corrected chi connectivity index (χ0v) is 10.9. The van der Waals surface area contributed by atoms with Gasteiger partial charge in [-0.1, -0.05) is 56.0 Å². The highest BCUT2D eigenvalue weighted by molar-refractivity contribution is 6.42. The lowest BCUT2D eigenvalue weighted by Gasteiger charge is -2.15. The first-order valence-corrected chi connectivity index (χ1v) is 6.39. The fourth-order valence-electron chi connectivity index (χ4n) is 1.82. The summed E-state index contributed by atoms with van der Waals surface area (Å²) in [7, 11) is 0. The molecular weight excluding hydrogens is 227 g/mol. The van der Waals surface area contributed by atoms with Gasteiger partial charge in [0.15, 0.2) is 0 Å². The highest BCUT2D eigenvalue weighted by Crippen LogP contribution is 2.30. The number of unbranched alkanes of at least 4 members (excludes halogenated alkanes) is 1. The second-order valence-electron chi connectivity index (χ2n) is 3.92. The van der Waals surface area contributed by atoms with E-state index in [2.05, 4.69) is 19.9 Å². The highest BCUT2D eigenvalue weighted by Gasteiger charge is 2.10. The molecule has 0 radical (unpaired) electrons. The van der Waals surface area contributed by atoms with E-state index in [4.69, 9.17) is 23.2 Å². The van der Waals surface area contributed by atoms with Gasteiger partial charge in [-0.2, -0.15) is 0 Å². The van der Waals surface area contributed by atoms with Crippen LogP contribution in [-0.2, 0) is 0 Å². The Morgan fingerprint density at radius 3 is 2.40 bits per heavy atom. The summed E-state index contributed by atoms with van der Waals surface area (Å²) in [4.78, 5) is 0. The largest absolute Gasteiger partial charge is 0.0827 e. The molecule has 2 heteroatoms. The normalized spacial score (nSPS) is 12.8. The fourth-order valence-corrected chi connectivity index (χ4v) is 2.13. The third-order valence-electron chi connectivity index (χ3n) is 2.81. The Morgan fingerprint density at radius 2 is 1.87 bits per heavy atom. The lowest BCUT2D eigenvalue weighted by molar-refractivity contribution is 0.570. The molecule has 0 spiro atoms. The minimum absolute atomic E-state index is 0.625. The molecule has 15 heavy (non-hydrogen) atoms. The van der Waals surface area contributed by atoms with Crippen molar-refractivity contribution in [3.8, 4) is 0 Å². The molecule has 0 nitrogen and oxygen atoms in total. The summed E-state index contributed by atoms with van der Waals surface area (Å²) in [5.41, 5.74) is 1.32. The van der Waals surface area contributed by atoms with Crippen molar-refractivity contribution in [2.45, 2.75) is 45.4 Å². The van der Waals surface area contributed by atoms with Gasteiger partial charge in [-0.05, 0) is 36.5 Å². The SMILES string of the molecule is CCCCC(CC)c1ccc(Cl)c(Cl)c1. The lowest BCUT2D eigenvalue weighted by Crippen LogP contribution is -1.97. The van der Waals surface area contributed by atoms with Gasteiger partial charge < -0.3 is 0 Å². The van der Waals surface area contributed by atoms with E-state index in [-0.39, 0.29) is 0 Å². The van der Waals surface area contributed by atoms with Crippen molar-refractivity contribution in [1.29, 1.82) is 0 Å². The van der Waals surface area contributed by atoms with Crippen molar-refractivity contribution in [3.63, 3.8) is 0 Å². The molecule has 0 fully saturated rings. The van der Waals surface area contributed by atoms with E-state index in [1.807, 2.05) is 12.1 Å². The second-order valence-corrected chi connectivity index (χ2v) is 4.74. The molecule has 0 aliphatic rings. The van der Waals surface area contributed by atoms with E-state index in [9.17, 15) is 0 Å². The molecule has 0 amide bonds. The van der Waals surface area contributed by atoms with Crippen molar-refractivity contribution in [2.24, 2.45) is 0 Å². The third-order valence-corrected chi connectivity index (χ3v) is 3.55. The van der Waals surface area contributed by atoms with E-state index in [1.54, 1.807) is 0 Å². The molecular formula is C13H18Cl2. The summed E-state index contributed by atoms with van der Waals surface area (Å²) in [5, 5.41) is 1.31. The van der Waals surface area contributed by atoms with Crippen LogP contribution in [0.3, 0.4) is 0 Å². The minimum atomic E-state index is 0.625. The molecule has 1 aromatic carbocycles. The fraction of sp³-hybridized carbons (Fsp3) is 0.538. The van der Waals surface area contributed by atoms with Crippen molar-refractivity contribution < 1.29 is 0 Å². The van der Waals surface area contributed by atoms with E-state index >= 15 is 0 Å². The monoisotopic (exact) mass is 244 g/mol. The predicted molar refractivity (Wildman–Crippen MR) is 69.0 cm³/mol. The summed E-state index contributed by atoms with van der Waals surface area (Å²) in [6, 6.07) is 6.00. The van der Waals surface area contributed by atoms with Crippen LogP contribution in [0.1, 0.15) is 51.0 Å². The molecule has 0 aromatic heterocycles. The van der Waals surface area contributed by atoms with Crippen LogP contribution in [-0.4, -0.2) is 0 Å². The van der Waals surface area contributed by atoms with Gasteiger partial charge in [0, 0.05) is 0 Å². The molecule has 84 valence electrons. The Balaban J connectivity index is 2.78. The van der Waals surface area contributed by atoms with Gasteiger partial charge in [-0.25, -0.2) is 0 Å². The third kappa shape index (κ3) is 3.70. The van der Waals surface area contributed by atoms with E-state index < -0.39 is 0 Å². The van der Waals surface area contributed by atoms with Gasteiger partial charge in [0.25, 0.3) is 0 Å². The quantitative estimate of drug-likeness (QED) is 0.626. The first kappa shape index (κ1) is 12.9. The summed E-state index contributed by atoms with van der Waals surface area (Å²) in [6.45, 7) is 4.45. The molecule has 0 aliphatic carbocycles. The Bertz CT molecular complexity index is 307. The molecule has 0 aliphatic heterocycles. The first-order chi connectivity index (χ1) is 7.19. The van der Waals surface area contributed by atoms with Crippen LogP contribution in [0.25, 0.3) is 0 Å². The molecule has 0 bridgehead atoms. The summed E-state index contributed by atoms with van der Waals surface area (Å²) in [5.74, 6) is 0.625.